The Morgan fingerprint density at radius 1 is 1.43 bits per heavy atom. The predicted octanol–water partition coefficient (Wildman–Crippen LogP) is 1.75. The van der Waals surface area contributed by atoms with E-state index in [4.69, 9.17) is 0 Å². The van der Waals surface area contributed by atoms with Crippen LogP contribution in [0, 0.1) is 6.92 Å². The molecule has 0 aliphatic carbocycles. The molecule has 3 rings (SSSR count). The van der Waals surface area contributed by atoms with Crippen LogP contribution in [0.1, 0.15) is 5.69 Å². The highest BCUT2D eigenvalue weighted by atomic mass is 32.1. The van der Waals surface area contributed by atoms with Crippen molar-refractivity contribution in [1.29, 1.82) is 0 Å². The minimum Gasteiger partial charge on any atom is -0.297 e. The van der Waals surface area contributed by atoms with Crippen LogP contribution in [0.4, 0.5) is 0 Å². The predicted molar refractivity (Wildman–Crippen MR) is 51.1 cm³/mol. The number of thiazole rings is 1. The van der Waals surface area contributed by atoms with E-state index in [-0.39, 0.29) is 0 Å². The molecule has 0 fully saturated rings. The van der Waals surface area contributed by atoms with Gasteiger partial charge in [-0.05, 0) is 12.1 Å². The summed E-state index contributed by atoms with van der Waals surface area (Å²) in [5.41, 5.74) is 2.27. The van der Waals surface area contributed by atoms with E-state index < -0.39 is 0 Å². The average molecular weight is 206 g/mol. The van der Waals surface area contributed by atoms with Gasteiger partial charge < -0.3 is 0 Å². The second-order valence-electron chi connectivity index (χ2n) is 2.92. The summed E-state index contributed by atoms with van der Waals surface area (Å²) in [6.07, 6.45) is 3.87. The summed E-state index contributed by atoms with van der Waals surface area (Å²) in [6, 6.07) is 0. The Hall–Kier alpha value is -1.69. The summed E-state index contributed by atoms with van der Waals surface area (Å²) in [5.74, 6) is 0. The molecule has 5 nitrogen and oxygen atoms in total. The van der Waals surface area contributed by atoms with Crippen molar-refractivity contribution in [3.63, 3.8) is 0 Å². The number of nitrogens with zero attached hydrogens (tertiary/aromatic N) is 4. The molecule has 0 saturated carbocycles. The number of rotatable bonds is 1. The minimum atomic E-state index is 0.709. The number of imidazole rings is 1. The van der Waals surface area contributed by atoms with Crippen molar-refractivity contribution in [2.45, 2.75) is 6.92 Å². The Balaban J connectivity index is 2.23. The van der Waals surface area contributed by atoms with Gasteiger partial charge in [-0.2, -0.15) is 0 Å². The summed E-state index contributed by atoms with van der Waals surface area (Å²) in [6.45, 7) is 1.85. The van der Waals surface area contributed by atoms with Gasteiger partial charge in [0, 0.05) is 17.8 Å². The summed E-state index contributed by atoms with van der Waals surface area (Å²) >= 11 is 1.58. The highest BCUT2D eigenvalue weighted by Crippen LogP contribution is 2.21. The first-order chi connectivity index (χ1) is 6.84. The first-order valence-electron chi connectivity index (χ1n) is 4.06. The molecular weight excluding hydrogens is 200 g/mol. The van der Waals surface area contributed by atoms with Gasteiger partial charge in [0.2, 0.25) is 0 Å². The maximum Gasteiger partial charge on any atom is 0.194 e. The summed E-state index contributed by atoms with van der Waals surface area (Å²) in [7, 11) is 0. The van der Waals surface area contributed by atoms with E-state index in [1.165, 1.54) is 0 Å². The topological polar surface area (TPSA) is 56.2 Å². The van der Waals surface area contributed by atoms with Crippen molar-refractivity contribution < 1.29 is 4.63 Å². The van der Waals surface area contributed by atoms with Crippen molar-refractivity contribution in [3.05, 3.63) is 23.5 Å². The molecular formula is C8H6N4OS. The van der Waals surface area contributed by atoms with Gasteiger partial charge in [-0.1, -0.05) is 5.16 Å². The number of hydrogen-bond acceptors (Lipinski definition) is 5. The summed E-state index contributed by atoms with van der Waals surface area (Å²) < 4.78 is 6.58. The lowest BCUT2D eigenvalue weighted by molar-refractivity contribution is 0.306. The van der Waals surface area contributed by atoms with E-state index in [1.54, 1.807) is 11.3 Å². The van der Waals surface area contributed by atoms with Gasteiger partial charge in [0.15, 0.2) is 10.7 Å². The Kier molecular flexibility index (Phi) is 1.45. The molecule has 70 valence electrons. The van der Waals surface area contributed by atoms with Gasteiger partial charge in [-0.25, -0.2) is 9.61 Å². The molecule has 3 aromatic heterocycles. The zero-order valence-corrected chi connectivity index (χ0v) is 8.15. The van der Waals surface area contributed by atoms with Crippen LogP contribution in [-0.2, 0) is 0 Å². The molecule has 0 N–H and O–H groups in total. The number of aromatic nitrogens is 4. The normalized spacial score (nSPS) is 11.2. The van der Waals surface area contributed by atoms with Crippen LogP contribution in [0.5, 0.6) is 0 Å². The van der Waals surface area contributed by atoms with Crippen molar-refractivity contribution >= 4 is 16.3 Å². The van der Waals surface area contributed by atoms with E-state index in [1.807, 2.05) is 29.1 Å². The lowest BCUT2D eigenvalue weighted by atomic mass is 10.3. The van der Waals surface area contributed by atoms with Gasteiger partial charge in [0.1, 0.15) is 11.4 Å². The number of aryl methyl sites for hydroxylation is 1. The van der Waals surface area contributed by atoms with Crippen LogP contribution in [-0.4, -0.2) is 19.7 Å². The van der Waals surface area contributed by atoms with Crippen molar-refractivity contribution in [2.24, 2.45) is 0 Å². The number of fused-ring (bicyclic) bond motifs is 1. The second-order valence-corrected chi connectivity index (χ2v) is 3.79. The third-order valence-corrected chi connectivity index (χ3v) is 2.76. The smallest absolute Gasteiger partial charge is 0.194 e. The Morgan fingerprint density at radius 2 is 2.36 bits per heavy atom. The fourth-order valence-electron chi connectivity index (χ4n) is 1.31. The Morgan fingerprint density at radius 3 is 3.07 bits per heavy atom. The van der Waals surface area contributed by atoms with Gasteiger partial charge >= 0.3 is 0 Å². The van der Waals surface area contributed by atoms with Crippen LogP contribution in [0.25, 0.3) is 16.3 Å². The molecule has 14 heavy (non-hydrogen) atoms. The lowest BCUT2D eigenvalue weighted by Crippen LogP contribution is -1.80. The third-order valence-electron chi connectivity index (χ3n) is 1.99. The van der Waals surface area contributed by atoms with E-state index >= 15 is 0 Å². The molecule has 6 heteroatoms. The second kappa shape index (κ2) is 2.65. The molecule has 0 amide bonds. The van der Waals surface area contributed by atoms with Gasteiger partial charge in [0.25, 0.3) is 0 Å². The van der Waals surface area contributed by atoms with Crippen LogP contribution < -0.4 is 0 Å². The maximum absolute atomic E-state index is 4.63. The van der Waals surface area contributed by atoms with Gasteiger partial charge in [0.05, 0.1) is 0 Å². The fourth-order valence-corrected chi connectivity index (χ4v) is 2.01. The SMILES string of the molecule is Cc1nonc1-c1cn2ccsc2n1. The molecule has 0 atom stereocenters. The van der Waals surface area contributed by atoms with E-state index in [0.29, 0.717) is 5.69 Å². The molecule has 0 radical (unpaired) electrons. The van der Waals surface area contributed by atoms with E-state index in [2.05, 4.69) is 19.9 Å². The first kappa shape index (κ1) is 7.69. The van der Waals surface area contributed by atoms with E-state index in [0.717, 1.165) is 16.3 Å². The molecule has 0 aliphatic rings. The molecule has 0 aliphatic heterocycles. The van der Waals surface area contributed by atoms with Crippen LogP contribution in [0.3, 0.4) is 0 Å². The van der Waals surface area contributed by atoms with Crippen molar-refractivity contribution in [2.75, 3.05) is 0 Å². The van der Waals surface area contributed by atoms with Crippen LogP contribution >= 0.6 is 11.3 Å². The quantitative estimate of drug-likeness (QED) is 0.608. The zero-order valence-electron chi connectivity index (χ0n) is 7.34. The van der Waals surface area contributed by atoms with Crippen LogP contribution in [0.15, 0.2) is 22.4 Å². The highest BCUT2D eigenvalue weighted by molar-refractivity contribution is 7.15. The van der Waals surface area contributed by atoms with Crippen LogP contribution in [0.2, 0.25) is 0 Å². The molecule has 0 saturated heterocycles. The molecule has 3 aromatic rings. The lowest BCUT2D eigenvalue weighted by Gasteiger charge is -1.85. The van der Waals surface area contributed by atoms with Crippen molar-refractivity contribution in [1.82, 2.24) is 19.7 Å². The zero-order chi connectivity index (χ0) is 9.54. The summed E-state index contributed by atoms with van der Waals surface area (Å²) in [4.78, 5) is 5.34. The highest BCUT2D eigenvalue weighted by Gasteiger charge is 2.12. The largest absolute Gasteiger partial charge is 0.297 e. The summed E-state index contributed by atoms with van der Waals surface area (Å²) in [5, 5.41) is 9.51. The minimum absolute atomic E-state index is 0.709. The van der Waals surface area contributed by atoms with E-state index in [9.17, 15) is 0 Å². The maximum atomic E-state index is 4.63. The molecule has 0 spiro atoms. The molecule has 0 aromatic carbocycles. The van der Waals surface area contributed by atoms with Gasteiger partial charge in [-0.3, -0.25) is 4.40 Å². The third kappa shape index (κ3) is 0.973. The van der Waals surface area contributed by atoms with Crippen molar-refractivity contribution in [3.8, 4) is 11.4 Å². The molecule has 0 unspecified atom stereocenters. The Labute approximate surface area is 83.0 Å². The first-order valence-corrected chi connectivity index (χ1v) is 4.94. The fraction of sp³-hybridized carbons (Fsp3) is 0.125. The molecule has 3 heterocycles. The molecule has 0 bridgehead atoms. The standard InChI is InChI=1S/C8H6N4OS/c1-5-7(11-13-10-5)6-4-12-2-3-14-8(12)9-6/h2-4H,1H3. The monoisotopic (exact) mass is 206 g/mol. The average Bonchev–Trinajstić information content (AvgIpc) is 2.75. The Bertz CT molecular complexity index is 550. The van der Waals surface area contributed by atoms with Gasteiger partial charge in [-0.15, -0.1) is 11.3 Å². The number of hydrogen-bond donors (Lipinski definition) is 0.